The van der Waals surface area contributed by atoms with Crippen molar-refractivity contribution < 1.29 is 36.7 Å². The third kappa shape index (κ3) is 7.21. The van der Waals surface area contributed by atoms with Crippen molar-refractivity contribution in [2.75, 3.05) is 32.0 Å². The van der Waals surface area contributed by atoms with Crippen LogP contribution in [0.4, 0.5) is 5.69 Å². The average molecular weight is 645 g/mol. The van der Waals surface area contributed by atoms with Gasteiger partial charge in [0.1, 0.15) is 11.3 Å². The second-order valence-corrected chi connectivity index (χ2v) is 11.4. The van der Waals surface area contributed by atoms with Gasteiger partial charge in [0.15, 0.2) is 0 Å². The number of nitrogens with zero attached hydrogens (tertiary/aromatic N) is 3. The number of carbonyl (C=O) groups excluding carboxylic acids is 4. The highest BCUT2D eigenvalue weighted by Gasteiger charge is 2.32. The zero-order valence-corrected chi connectivity index (χ0v) is 27.3. The fourth-order valence-electron chi connectivity index (χ4n) is 5.54. The lowest BCUT2D eigenvalue weighted by Gasteiger charge is -2.22. The molecule has 0 aromatic heterocycles. The van der Waals surface area contributed by atoms with Crippen LogP contribution in [0.3, 0.4) is 0 Å². The lowest BCUT2D eigenvalue weighted by molar-refractivity contribution is -0.197. The number of benzene rings is 3. The fraction of sp³-hybridized carbons (Fsp3) is 0.378. The van der Waals surface area contributed by atoms with E-state index in [1.54, 1.807) is 26.0 Å². The van der Waals surface area contributed by atoms with E-state index in [0.717, 1.165) is 0 Å². The summed E-state index contributed by atoms with van der Waals surface area (Å²) in [7, 11) is 1.52. The van der Waals surface area contributed by atoms with Crippen LogP contribution in [-0.4, -0.2) is 60.3 Å². The molecule has 1 N–H and O–H groups in total. The molecule has 3 amide bonds. The molecule has 47 heavy (non-hydrogen) atoms. The van der Waals surface area contributed by atoms with Gasteiger partial charge in [-0.1, -0.05) is 24.5 Å². The number of nitrogens with one attached hydrogen (secondary N) is 1. The van der Waals surface area contributed by atoms with Crippen molar-refractivity contribution in [3.8, 4) is 22.5 Å². The van der Waals surface area contributed by atoms with Crippen molar-refractivity contribution in [2.24, 2.45) is 4.99 Å². The van der Waals surface area contributed by atoms with E-state index in [-0.39, 0.29) is 65.9 Å². The molecular formula is C37H42N4O6. The molecule has 2 aliphatic heterocycles. The second-order valence-electron chi connectivity index (χ2n) is 11.4. The SMILES string of the molecule is [2H]c1c([2H])c([2H])c(-c2c3cc(C)c(=NCC)c([2H])c-3oc3c([2H])c(NCC)c(C)cc23)c(C(=O)N(C)CCCCCC(=O)ON2C(=O)CCC2=O)c1[2H]. The molecule has 1 saturated heterocycles. The van der Waals surface area contributed by atoms with Gasteiger partial charge in [-0.3, -0.25) is 19.4 Å². The van der Waals surface area contributed by atoms with Crippen molar-refractivity contribution in [3.63, 3.8) is 0 Å². The highest BCUT2D eigenvalue weighted by atomic mass is 16.7. The summed E-state index contributed by atoms with van der Waals surface area (Å²) in [6.07, 6.45) is 1.19. The third-order valence-electron chi connectivity index (χ3n) is 7.93. The maximum Gasteiger partial charge on any atom is 0.333 e. The number of imide groups is 1. The summed E-state index contributed by atoms with van der Waals surface area (Å²) >= 11 is 0. The van der Waals surface area contributed by atoms with Crippen LogP contribution in [0.2, 0.25) is 0 Å². The highest BCUT2D eigenvalue weighted by molar-refractivity contribution is 6.09. The van der Waals surface area contributed by atoms with Crippen LogP contribution in [0.5, 0.6) is 0 Å². The van der Waals surface area contributed by atoms with E-state index in [2.05, 4.69) is 10.3 Å². The maximum atomic E-state index is 14.3. The minimum atomic E-state index is -0.720. The zero-order chi connectivity index (χ0) is 38.9. The molecule has 246 valence electrons. The number of aryl methyl sites for hydroxylation is 2. The van der Waals surface area contributed by atoms with E-state index < -0.39 is 47.9 Å². The van der Waals surface area contributed by atoms with Gasteiger partial charge in [-0.2, -0.15) is 0 Å². The number of carbonyl (C=O) groups is 4. The molecule has 0 saturated carbocycles. The first kappa shape index (κ1) is 26.1. The Bertz CT molecular complexity index is 2190. The highest BCUT2D eigenvalue weighted by Crippen LogP contribution is 2.43. The van der Waals surface area contributed by atoms with Gasteiger partial charge in [-0.15, -0.1) is 5.06 Å². The van der Waals surface area contributed by atoms with Gasteiger partial charge in [0.05, 0.1) is 13.6 Å². The molecule has 10 heteroatoms. The van der Waals surface area contributed by atoms with Crippen molar-refractivity contribution in [1.82, 2.24) is 9.96 Å². The summed E-state index contributed by atoms with van der Waals surface area (Å²) < 4.78 is 59.8. The van der Waals surface area contributed by atoms with Crippen LogP contribution in [0.15, 0.2) is 57.8 Å². The summed E-state index contributed by atoms with van der Waals surface area (Å²) in [4.78, 5) is 60.7. The van der Waals surface area contributed by atoms with Crippen LogP contribution < -0.4 is 10.7 Å². The third-order valence-corrected chi connectivity index (χ3v) is 7.93. The van der Waals surface area contributed by atoms with E-state index in [0.29, 0.717) is 70.5 Å². The average Bonchev–Trinajstić information content (AvgIpc) is 3.43. The predicted octanol–water partition coefficient (Wildman–Crippen LogP) is 6.41. The number of hydrogen-bond donors (Lipinski definition) is 1. The number of fused-ring (bicyclic) bond motifs is 2. The maximum absolute atomic E-state index is 14.3. The second kappa shape index (κ2) is 14.6. The molecule has 2 aromatic rings. The van der Waals surface area contributed by atoms with Gasteiger partial charge >= 0.3 is 5.97 Å². The van der Waals surface area contributed by atoms with E-state index in [9.17, 15) is 19.2 Å². The van der Waals surface area contributed by atoms with Crippen LogP contribution in [0, 0.1) is 13.8 Å². The van der Waals surface area contributed by atoms with Crippen LogP contribution in [0.25, 0.3) is 33.4 Å². The number of anilines is 1. The van der Waals surface area contributed by atoms with E-state index >= 15 is 0 Å². The molecule has 0 radical (unpaired) electrons. The van der Waals surface area contributed by atoms with Gasteiger partial charge in [0.25, 0.3) is 17.7 Å². The summed E-state index contributed by atoms with van der Waals surface area (Å²) in [5.74, 6) is -2.46. The molecule has 1 fully saturated rings. The minimum absolute atomic E-state index is 0.00247. The van der Waals surface area contributed by atoms with Crippen molar-refractivity contribution in [3.05, 3.63) is 70.4 Å². The number of unbranched alkanes of at least 4 members (excludes halogenated alkanes) is 2. The molecule has 0 atom stereocenters. The number of amides is 3. The van der Waals surface area contributed by atoms with E-state index in [1.165, 1.54) is 11.9 Å². The molecule has 5 rings (SSSR count). The summed E-state index contributed by atoms with van der Waals surface area (Å²) in [6.45, 7) is 8.39. The molecule has 2 aromatic carbocycles. The standard InChI is InChI=1S/C37H42N4O6/c1-6-38-29-21-31-27(19-23(29)3)36(28-20-24(4)30(39-7-2)22-32(28)46-31)25-13-10-11-14-26(25)37(45)40(5)18-12-8-9-15-35(44)47-41-33(42)16-17-34(41)43/h10-11,13-14,19-22,38H,6-9,12,15-18H2,1-5H3/i10D,11D,13D,14D,21D,22D. The monoisotopic (exact) mass is 644 g/mol. The lowest BCUT2D eigenvalue weighted by Crippen LogP contribution is -2.32. The Balaban J connectivity index is 1.59. The Morgan fingerprint density at radius 2 is 1.77 bits per heavy atom. The van der Waals surface area contributed by atoms with E-state index in [1.807, 2.05) is 13.8 Å². The van der Waals surface area contributed by atoms with Gasteiger partial charge in [-0.25, -0.2) is 4.79 Å². The Labute approximate surface area is 283 Å². The van der Waals surface area contributed by atoms with Crippen LogP contribution >= 0.6 is 0 Å². The first-order chi connectivity index (χ1) is 25.1. The minimum Gasteiger partial charge on any atom is -0.456 e. The summed E-state index contributed by atoms with van der Waals surface area (Å²) in [6, 6.07) is 1.28. The largest absolute Gasteiger partial charge is 0.456 e. The van der Waals surface area contributed by atoms with Crippen molar-refractivity contribution in [2.45, 2.75) is 66.2 Å². The van der Waals surface area contributed by atoms with Gasteiger partial charge in [0, 0.05) is 85.8 Å². The lowest BCUT2D eigenvalue weighted by atomic mass is 9.89. The van der Waals surface area contributed by atoms with Crippen molar-refractivity contribution in [1.29, 1.82) is 0 Å². The Hall–Kier alpha value is -4.99. The fourth-order valence-corrected chi connectivity index (χ4v) is 5.54. The summed E-state index contributed by atoms with van der Waals surface area (Å²) in [5, 5.41) is 4.41. The predicted molar refractivity (Wildman–Crippen MR) is 181 cm³/mol. The topological polar surface area (TPSA) is 122 Å². The van der Waals surface area contributed by atoms with Crippen molar-refractivity contribution >= 4 is 40.3 Å². The first-order valence-corrected chi connectivity index (χ1v) is 15.8. The van der Waals surface area contributed by atoms with Crippen LogP contribution in [-0.2, 0) is 19.2 Å². The zero-order valence-electron chi connectivity index (χ0n) is 33.3. The Morgan fingerprint density at radius 1 is 1.02 bits per heavy atom. The first-order valence-electron chi connectivity index (χ1n) is 18.8. The smallest absolute Gasteiger partial charge is 0.333 e. The Morgan fingerprint density at radius 3 is 2.49 bits per heavy atom. The molecular weight excluding hydrogens is 596 g/mol. The van der Waals surface area contributed by atoms with Gasteiger partial charge in [-0.05, 0) is 75.4 Å². The van der Waals surface area contributed by atoms with Gasteiger partial charge < -0.3 is 19.5 Å². The number of rotatable bonds is 12. The number of hydrogen-bond acceptors (Lipinski definition) is 8. The van der Waals surface area contributed by atoms with Gasteiger partial charge in [0.2, 0.25) is 0 Å². The molecule has 10 nitrogen and oxygen atoms in total. The molecule has 3 aliphatic rings. The summed E-state index contributed by atoms with van der Waals surface area (Å²) in [5.41, 5.74) is 2.08. The quantitative estimate of drug-likeness (QED) is 0.107. The van der Waals surface area contributed by atoms with E-state index in [4.69, 9.17) is 17.5 Å². The Kier molecular flexibility index (Phi) is 8.12. The molecule has 0 unspecified atom stereocenters. The van der Waals surface area contributed by atoms with Crippen LogP contribution in [0.1, 0.15) is 82.1 Å². The molecule has 0 bridgehead atoms. The number of hydroxylamine groups is 2. The normalized spacial score (nSPS) is 15.3. The molecule has 0 spiro atoms. The molecule has 1 aliphatic carbocycles. The molecule has 2 heterocycles.